The van der Waals surface area contributed by atoms with Crippen molar-refractivity contribution in [1.82, 2.24) is 4.90 Å². The van der Waals surface area contributed by atoms with E-state index in [1.807, 2.05) is 19.0 Å². The molecule has 0 N–H and O–H groups in total. The molecule has 0 amide bonds. The van der Waals surface area contributed by atoms with Gasteiger partial charge in [0.05, 0.1) is 0 Å². The molecule has 0 unspecified atom stereocenters. The fraction of sp³-hybridized carbons (Fsp3) is 0.417. The normalized spacial score (nSPS) is 12.4. The van der Waals surface area contributed by atoms with Gasteiger partial charge in [-0.2, -0.15) is 0 Å². The van der Waals surface area contributed by atoms with Crippen LogP contribution in [0.15, 0.2) is 18.2 Å². The zero-order chi connectivity index (χ0) is 11.5. The van der Waals surface area contributed by atoms with E-state index < -0.39 is 0 Å². The molecule has 0 radical (unpaired) electrons. The van der Waals surface area contributed by atoms with E-state index in [9.17, 15) is 4.79 Å². The van der Waals surface area contributed by atoms with Gasteiger partial charge in [-0.15, -0.1) is 0 Å². The third-order valence-electron chi connectivity index (χ3n) is 2.48. The van der Waals surface area contributed by atoms with E-state index in [0.717, 1.165) is 6.54 Å². The summed E-state index contributed by atoms with van der Waals surface area (Å²) in [6.07, 6.45) is 0.520. The van der Waals surface area contributed by atoms with E-state index in [2.05, 4.69) is 0 Å². The van der Waals surface area contributed by atoms with Gasteiger partial charge < -0.3 is 26.8 Å². The number of rotatable bonds is 4. The van der Waals surface area contributed by atoms with Crippen LogP contribution < -0.4 is 21.9 Å². The molecular weight excluding hydrogens is 242 g/mol. The molecule has 1 aromatic carbocycles. The first kappa shape index (κ1) is 13.8. The number of hydrogen-bond donors (Lipinski definition) is 0. The van der Waals surface area contributed by atoms with Crippen molar-refractivity contribution < 1.29 is 28.1 Å². The Labute approximate surface area is 108 Å². The molecule has 0 bridgehead atoms. The largest absolute Gasteiger partial charge is 1.00 e. The third-order valence-corrected chi connectivity index (χ3v) is 2.48. The second kappa shape index (κ2) is 5.89. The van der Waals surface area contributed by atoms with E-state index in [4.69, 9.17) is 9.47 Å². The van der Waals surface area contributed by atoms with Crippen molar-refractivity contribution in [2.45, 2.75) is 6.42 Å². The van der Waals surface area contributed by atoms with Crippen LogP contribution in [0.4, 0.5) is 0 Å². The van der Waals surface area contributed by atoms with Crippen LogP contribution in [-0.4, -0.2) is 38.1 Å². The fourth-order valence-electron chi connectivity index (χ4n) is 1.54. The summed E-state index contributed by atoms with van der Waals surface area (Å²) in [6.45, 7) is 0.998. The lowest BCUT2D eigenvalue weighted by Crippen LogP contribution is -3.00. The molecule has 0 saturated carbocycles. The SMILES string of the molecule is CN(C)CCC(=O)c1ccc2c(c1)OCO2.[Cl-].[H+]. The van der Waals surface area contributed by atoms with Crippen LogP contribution in [0.5, 0.6) is 11.5 Å². The number of benzene rings is 1. The number of halogens is 1. The molecular formula is C12H16ClNO3. The van der Waals surface area contributed by atoms with Gasteiger partial charge in [-0.25, -0.2) is 0 Å². The average Bonchev–Trinajstić information content (AvgIpc) is 2.72. The zero-order valence-corrected chi connectivity index (χ0v) is 10.7. The van der Waals surface area contributed by atoms with Crippen LogP contribution in [0.3, 0.4) is 0 Å². The molecule has 0 aromatic heterocycles. The molecule has 1 aromatic rings. The van der Waals surface area contributed by atoms with Crippen molar-refractivity contribution >= 4 is 5.78 Å². The van der Waals surface area contributed by atoms with Gasteiger partial charge in [0.2, 0.25) is 6.79 Å². The van der Waals surface area contributed by atoms with E-state index in [-0.39, 0.29) is 26.4 Å². The summed E-state index contributed by atoms with van der Waals surface area (Å²) in [5, 5.41) is 0. The molecule has 0 aliphatic carbocycles. The Morgan fingerprint density at radius 1 is 1.35 bits per heavy atom. The number of nitrogens with zero attached hydrogens (tertiary/aromatic N) is 1. The lowest BCUT2D eigenvalue weighted by atomic mass is 10.1. The van der Waals surface area contributed by atoms with E-state index >= 15 is 0 Å². The topological polar surface area (TPSA) is 38.8 Å². The Hall–Kier alpha value is -1.26. The molecule has 2 rings (SSSR count). The summed E-state index contributed by atoms with van der Waals surface area (Å²) in [5.41, 5.74) is 0.686. The number of fused-ring (bicyclic) bond motifs is 1. The fourth-order valence-corrected chi connectivity index (χ4v) is 1.54. The number of carbonyl (C=O) groups excluding carboxylic acids is 1. The summed E-state index contributed by atoms with van der Waals surface area (Å²) in [4.78, 5) is 13.8. The van der Waals surface area contributed by atoms with Gasteiger partial charge in [0.25, 0.3) is 0 Å². The second-order valence-electron chi connectivity index (χ2n) is 4.04. The minimum Gasteiger partial charge on any atom is -1.00 e. The van der Waals surface area contributed by atoms with E-state index in [0.29, 0.717) is 23.5 Å². The monoisotopic (exact) mass is 257 g/mol. The van der Waals surface area contributed by atoms with Crippen molar-refractivity contribution in [2.24, 2.45) is 0 Å². The number of Topliss-reactive ketones (excluding diaryl/α,β-unsaturated/α-hetero) is 1. The first-order valence-electron chi connectivity index (χ1n) is 5.24. The van der Waals surface area contributed by atoms with Gasteiger partial charge in [0.15, 0.2) is 17.3 Å². The zero-order valence-electron chi connectivity index (χ0n) is 10.9. The van der Waals surface area contributed by atoms with Crippen molar-refractivity contribution in [2.75, 3.05) is 27.4 Å². The Morgan fingerprint density at radius 2 is 2.06 bits per heavy atom. The van der Waals surface area contributed by atoms with Crippen LogP contribution >= 0.6 is 0 Å². The maximum atomic E-state index is 11.8. The molecule has 0 fully saturated rings. The van der Waals surface area contributed by atoms with Gasteiger partial charge in [0.1, 0.15) is 0 Å². The lowest BCUT2D eigenvalue weighted by molar-refractivity contribution is -0.0000127. The van der Waals surface area contributed by atoms with Gasteiger partial charge in [0, 0.05) is 18.5 Å². The standard InChI is InChI=1S/C12H15NO3.ClH/c1-13(2)6-5-10(14)9-3-4-11-12(7-9)16-8-15-11;/h3-4,7H,5-6,8H2,1-2H3;1H. The van der Waals surface area contributed by atoms with Crippen molar-refractivity contribution in [3.63, 3.8) is 0 Å². The minimum atomic E-state index is 0. The first-order chi connectivity index (χ1) is 7.66. The highest BCUT2D eigenvalue weighted by molar-refractivity contribution is 5.96. The Bertz CT molecular complexity index is 412. The minimum absolute atomic E-state index is 0. The molecule has 0 atom stereocenters. The Morgan fingerprint density at radius 3 is 2.76 bits per heavy atom. The van der Waals surface area contributed by atoms with Crippen LogP contribution in [-0.2, 0) is 0 Å². The number of ketones is 1. The van der Waals surface area contributed by atoms with Crippen LogP contribution in [0.1, 0.15) is 18.2 Å². The Balaban J connectivity index is 0.00000144. The summed E-state index contributed by atoms with van der Waals surface area (Å²) in [5.74, 6) is 1.51. The summed E-state index contributed by atoms with van der Waals surface area (Å²) in [6, 6.07) is 5.32. The molecule has 17 heavy (non-hydrogen) atoms. The van der Waals surface area contributed by atoms with Gasteiger partial charge in [-0.05, 0) is 32.3 Å². The molecule has 4 nitrogen and oxygen atoms in total. The molecule has 1 aliphatic rings. The maximum Gasteiger partial charge on any atom is 1.00 e. The smallest absolute Gasteiger partial charge is 1.00 e. The quantitative estimate of drug-likeness (QED) is 0.627. The van der Waals surface area contributed by atoms with Crippen LogP contribution in [0.2, 0.25) is 0 Å². The van der Waals surface area contributed by atoms with Crippen LogP contribution in [0.25, 0.3) is 0 Å². The predicted octanol–water partition coefficient (Wildman–Crippen LogP) is -1.33. The van der Waals surface area contributed by atoms with Gasteiger partial charge in [-0.3, -0.25) is 4.79 Å². The van der Waals surface area contributed by atoms with Crippen molar-refractivity contribution in [3.8, 4) is 11.5 Å². The number of carbonyl (C=O) groups is 1. The summed E-state index contributed by atoms with van der Waals surface area (Å²) in [7, 11) is 3.90. The summed E-state index contributed by atoms with van der Waals surface area (Å²) < 4.78 is 10.4. The molecule has 5 heteroatoms. The molecule has 1 aliphatic heterocycles. The lowest BCUT2D eigenvalue weighted by Gasteiger charge is -2.08. The highest BCUT2D eigenvalue weighted by Gasteiger charge is 2.15. The third kappa shape index (κ3) is 3.35. The molecule has 0 saturated heterocycles. The van der Waals surface area contributed by atoms with Gasteiger partial charge >= 0.3 is 1.43 Å². The molecule has 94 valence electrons. The Kier molecular flexibility index (Phi) is 4.78. The molecule has 1 heterocycles. The highest BCUT2D eigenvalue weighted by atomic mass is 35.5. The van der Waals surface area contributed by atoms with Crippen molar-refractivity contribution in [3.05, 3.63) is 23.8 Å². The molecule has 0 spiro atoms. The number of hydrogen-bond acceptors (Lipinski definition) is 4. The first-order valence-corrected chi connectivity index (χ1v) is 5.24. The maximum absolute atomic E-state index is 11.8. The average molecular weight is 258 g/mol. The highest BCUT2D eigenvalue weighted by Crippen LogP contribution is 2.32. The van der Waals surface area contributed by atoms with E-state index in [1.54, 1.807) is 18.2 Å². The predicted molar refractivity (Wildman–Crippen MR) is 61.2 cm³/mol. The number of ether oxygens (including phenoxy) is 2. The van der Waals surface area contributed by atoms with Gasteiger partial charge in [-0.1, -0.05) is 0 Å². The second-order valence-corrected chi connectivity index (χ2v) is 4.04. The van der Waals surface area contributed by atoms with Crippen LogP contribution in [0, 0.1) is 0 Å². The van der Waals surface area contributed by atoms with E-state index in [1.165, 1.54) is 0 Å². The summed E-state index contributed by atoms with van der Waals surface area (Å²) >= 11 is 0. The van der Waals surface area contributed by atoms with Crippen molar-refractivity contribution in [1.29, 1.82) is 0 Å².